The summed E-state index contributed by atoms with van der Waals surface area (Å²) in [5, 5.41) is 0. The van der Waals surface area contributed by atoms with Crippen LogP contribution in [-0.2, 0) is 29.0 Å². The minimum absolute atomic E-state index is 0.218. The third kappa shape index (κ3) is 5.83. The highest BCUT2D eigenvalue weighted by atomic mass is 16.6. The number of ether oxygens (including phenoxy) is 2. The fourth-order valence-corrected chi connectivity index (χ4v) is 4.74. The van der Waals surface area contributed by atoms with E-state index in [2.05, 4.69) is 4.98 Å². The molecule has 1 N–H and O–H groups in total. The number of hydrogen-bond acceptors (Lipinski definition) is 6. The van der Waals surface area contributed by atoms with Gasteiger partial charge in [0.05, 0.1) is 0 Å². The van der Waals surface area contributed by atoms with Crippen molar-refractivity contribution in [1.29, 1.82) is 0 Å². The average molecular weight is 483 g/mol. The quantitative estimate of drug-likeness (QED) is 0.331. The second kappa shape index (κ2) is 11.4. The predicted molar refractivity (Wildman–Crippen MR) is 133 cm³/mol. The SMILES string of the molecule is CCCn1c(=O)c2[nH]c(C3CCCC3)nc2n(CCCc2ccc(OCCOC(C)=O)cc2)c1=O. The molecule has 1 aliphatic carbocycles. The molecule has 9 heteroatoms. The molecule has 0 spiro atoms. The van der Waals surface area contributed by atoms with E-state index in [4.69, 9.17) is 14.5 Å². The Morgan fingerprint density at radius 3 is 2.51 bits per heavy atom. The van der Waals surface area contributed by atoms with Crippen LogP contribution in [0, 0.1) is 0 Å². The van der Waals surface area contributed by atoms with Gasteiger partial charge in [-0.3, -0.25) is 18.7 Å². The molecule has 0 aliphatic heterocycles. The van der Waals surface area contributed by atoms with Crippen LogP contribution >= 0.6 is 0 Å². The van der Waals surface area contributed by atoms with Gasteiger partial charge in [-0.05, 0) is 49.8 Å². The first-order valence-corrected chi connectivity index (χ1v) is 12.6. The zero-order valence-electron chi connectivity index (χ0n) is 20.5. The summed E-state index contributed by atoms with van der Waals surface area (Å²) in [7, 11) is 0. The first-order chi connectivity index (χ1) is 17.0. The minimum Gasteiger partial charge on any atom is -0.490 e. The van der Waals surface area contributed by atoms with Gasteiger partial charge in [-0.25, -0.2) is 9.78 Å². The van der Waals surface area contributed by atoms with E-state index < -0.39 is 0 Å². The first-order valence-electron chi connectivity index (χ1n) is 12.6. The Morgan fingerprint density at radius 1 is 1.09 bits per heavy atom. The Hall–Kier alpha value is -3.36. The fraction of sp³-hybridized carbons (Fsp3) is 0.538. The van der Waals surface area contributed by atoms with Gasteiger partial charge in [0.2, 0.25) is 0 Å². The summed E-state index contributed by atoms with van der Waals surface area (Å²) in [5.41, 5.74) is 1.48. The number of fused-ring (bicyclic) bond motifs is 1. The first kappa shape index (κ1) is 24.8. The van der Waals surface area contributed by atoms with Gasteiger partial charge in [0.25, 0.3) is 5.56 Å². The molecule has 3 aromatic rings. The number of carbonyl (C=O) groups is 1. The Morgan fingerprint density at radius 2 is 1.83 bits per heavy atom. The van der Waals surface area contributed by atoms with E-state index in [1.54, 1.807) is 4.57 Å². The second-order valence-corrected chi connectivity index (χ2v) is 9.13. The maximum absolute atomic E-state index is 13.2. The van der Waals surface area contributed by atoms with Crippen LogP contribution in [0.25, 0.3) is 11.2 Å². The van der Waals surface area contributed by atoms with E-state index in [9.17, 15) is 14.4 Å². The third-order valence-electron chi connectivity index (χ3n) is 6.50. The van der Waals surface area contributed by atoms with Crippen LogP contribution in [-0.4, -0.2) is 38.3 Å². The van der Waals surface area contributed by atoms with Gasteiger partial charge in [-0.15, -0.1) is 0 Å². The molecule has 0 atom stereocenters. The van der Waals surface area contributed by atoms with E-state index >= 15 is 0 Å². The molecule has 0 bridgehead atoms. The highest BCUT2D eigenvalue weighted by molar-refractivity contribution is 5.70. The van der Waals surface area contributed by atoms with Crippen molar-refractivity contribution in [2.45, 2.75) is 77.8 Å². The lowest BCUT2D eigenvalue weighted by molar-refractivity contribution is -0.141. The van der Waals surface area contributed by atoms with E-state index in [1.807, 2.05) is 31.2 Å². The molecule has 0 unspecified atom stereocenters. The van der Waals surface area contributed by atoms with Gasteiger partial charge in [-0.1, -0.05) is 31.9 Å². The number of hydrogen-bond donors (Lipinski definition) is 1. The maximum atomic E-state index is 13.2. The summed E-state index contributed by atoms with van der Waals surface area (Å²) in [5.74, 6) is 1.55. The van der Waals surface area contributed by atoms with Crippen LogP contribution in [0.4, 0.5) is 0 Å². The Kier molecular flexibility index (Phi) is 8.05. The van der Waals surface area contributed by atoms with Crippen molar-refractivity contribution in [1.82, 2.24) is 19.1 Å². The van der Waals surface area contributed by atoms with Crippen molar-refractivity contribution in [3.05, 3.63) is 56.5 Å². The smallest absolute Gasteiger partial charge is 0.332 e. The number of nitrogens with zero attached hydrogens (tertiary/aromatic N) is 3. The van der Waals surface area contributed by atoms with Gasteiger partial charge in [0.15, 0.2) is 5.65 Å². The van der Waals surface area contributed by atoms with Crippen molar-refractivity contribution < 1.29 is 14.3 Å². The molecule has 0 radical (unpaired) electrons. The van der Waals surface area contributed by atoms with Crippen LogP contribution in [0.5, 0.6) is 5.75 Å². The van der Waals surface area contributed by atoms with E-state index in [1.165, 1.54) is 24.3 Å². The lowest BCUT2D eigenvalue weighted by Gasteiger charge is -2.11. The number of benzene rings is 1. The molecule has 188 valence electrons. The zero-order chi connectivity index (χ0) is 24.8. The number of aromatic nitrogens is 4. The maximum Gasteiger partial charge on any atom is 0.332 e. The van der Waals surface area contributed by atoms with Crippen LogP contribution in [0.1, 0.15) is 69.7 Å². The Balaban J connectivity index is 1.47. The number of esters is 1. The summed E-state index contributed by atoms with van der Waals surface area (Å²) in [4.78, 5) is 45.0. The Labute approximate surface area is 204 Å². The summed E-state index contributed by atoms with van der Waals surface area (Å²) in [6.45, 7) is 4.72. The molecule has 0 saturated heterocycles. The highest BCUT2D eigenvalue weighted by Crippen LogP contribution is 2.32. The molecule has 2 aromatic heterocycles. The van der Waals surface area contributed by atoms with Crippen molar-refractivity contribution in [3.63, 3.8) is 0 Å². The highest BCUT2D eigenvalue weighted by Gasteiger charge is 2.23. The molecular weight excluding hydrogens is 448 g/mol. The van der Waals surface area contributed by atoms with Crippen LogP contribution in [0.2, 0.25) is 0 Å². The van der Waals surface area contributed by atoms with Crippen molar-refractivity contribution in [3.8, 4) is 5.75 Å². The van der Waals surface area contributed by atoms with Crippen LogP contribution in [0.15, 0.2) is 33.9 Å². The molecule has 35 heavy (non-hydrogen) atoms. The minimum atomic E-state index is -0.324. The zero-order valence-corrected chi connectivity index (χ0v) is 20.5. The van der Waals surface area contributed by atoms with E-state index in [-0.39, 0.29) is 23.8 Å². The molecule has 1 saturated carbocycles. The van der Waals surface area contributed by atoms with Gasteiger partial charge in [-0.2, -0.15) is 0 Å². The lowest BCUT2D eigenvalue weighted by Crippen LogP contribution is -2.40. The van der Waals surface area contributed by atoms with E-state index in [0.29, 0.717) is 48.9 Å². The normalized spacial score (nSPS) is 14.0. The summed E-state index contributed by atoms with van der Waals surface area (Å²) in [6.07, 6.45) is 6.69. The van der Waals surface area contributed by atoms with E-state index in [0.717, 1.165) is 37.1 Å². The van der Waals surface area contributed by atoms with Gasteiger partial charge < -0.3 is 14.5 Å². The number of H-pyrrole nitrogens is 1. The van der Waals surface area contributed by atoms with Crippen LogP contribution in [0.3, 0.4) is 0 Å². The standard InChI is InChI=1S/C26H34N4O5/c1-3-14-30-25(32)22-24(28-23(27-22)20-8-4-5-9-20)29(26(30)33)15-6-7-19-10-12-21(13-11-19)35-17-16-34-18(2)31/h10-13,20H,3-9,14-17H2,1-2H3,(H,27,28). The summed E-state index contributed by atoms with van der Waals surface area (Å²) >= 11 is 0. The second-order valence-electron chi connectivity index (χ2n) is 9.13. The number of rotatable bonds is 11. The molecular formula is C26H34N4O5. The topological polar surface area (TPSA) is 108 Å². The van der Waals surface area contributed by atoms with Crippen LogP contribution < -0.4 is 16.0 Å². The van der Waals surface area contributed by atoms with Crippen molar-refractivity contribution >= 4 is 17.1 Å². The monoisotopic (exact) mass is 482 g/mol. The number of aryl methyl sites for hydroxylation is 2. The molecule has 1 aromatic carbocycles. The number of nitrogens with one attached hydrogen (secondary N) is 1. The number of aromatic amines is 1. The van der Waals surface area contributed by atoms with Crippen molar-refractivity contribution in [2.24, 2.45) is 0 Å². The molecule has 9 nitrogen and oxygen atoms in total. The largest absolute Gasteiger partial charge is 0.490 e. The molecule has 0 amide bonds. The number of imidazole rings is 1. The summed E-state index contributed by atoms with van der Waals surface area (Å²) < 4.78 is 13.4. The lowest BCUT2D eigenvalue weighted by atomic mass is 10.1. The summed E-state index contributed by atoms with van der Waals surface area (Å²) in [6, 6.07) is 7.75. The molecule has 2 heterocycles. The molecule has 1 aliphatic rings. The van der Waals surface area contributed by atoms with Gasteiger partial charge in [0.1, 0.15) is 30.3 Å². The fourth-order valence-electron chi connectivity index (χ4n) is 4.74. The molecule has 4 rings (SSSR count). The number of carbonyl (C=O) groups excluding carboxylic acids is 1. The average Bonchev–Trinajstić information content (AvgIpc) is 3.53. The van der Waals surface area contributed by atoms with Crippen molar-refractivity contribution in [2.75, 3.05) is 13.2 Å². The molecule has 1 fully saturated rings. The third-order valence-corrected chi connectivity index (χ3v) is 6.50. The van der Waals surface area contributed by atoms with Gasteiger partial charge in [0, 0.05) is 25.9 Å². The Bertz CT molecular complexity index is 1270. The van der Waals surface area contributed by atoms with Gasteiger partial charge >= 0.3 is 11.7 Å². The predicted octanol–water partition coefficient (Wildman–Crippen LogP) is 3.53.